The lowest BCUT2D eigenvalue weighted by Gasteiger charge is -2.00. The zero-order valence-corrected chi connectivity index (χ0v) is 15.9. The highest BCUT2D eigenvalue weighted by atomic mass is 32.1. The van der Waals surface area contributed by atoms with E-state index in [2.05, 4.69) is 53.0 Å². The Bertz CT molecular complexity index is 1450. The molecule has 0 aliphatic rings. The van der Waals surface area contributed by atoms with Gasteiger partial charge in [0.25, 0.3) is 0 Å². The summed E-state index contributed by atoms with van der Waals surface area (Å²) in [6.07, 6.45) is 7.34. The number of aromatic nitrogens is 6. The number of pyridine rings is 3. The van der Waals surface area contributed by atoms with E-state index in [9.17, 15) is 0 Å². The third-order valence-corrected chi connectivity index (χ3v) is 5.69. The minimum absolute atomic E-state index is 0.817. The average Bonchev–Trinajstić information content (AvgIpc) is 3.52. The molecule has 0 saturated heterocycles. The summed E-state index contributed by atoms with van der Waals surface area (Å²) in [4.78, 5) is 16.8. The molecule has 6 nitrogen and oxygen atoms in total. The van der Waals surface area contributed by atoms with Crippen molar-refractivity contribution in [3.8, 4) is 33.9 Å². The summed E-state index contributed by atoms with van der Waals surface area (Å²) in [6, 6.07) is 12.1. The third kappa shape index (κ3) is 2.63. The second-order valence-corrected chi connectivity index (χ2v) is 7.53. The summed E-state index contributed by atoms with van der Waals surface area (Å²) >= 11 is 1.68. The molecule has 0 aliphatic carbocycles. The number of hydrogen-bond acceptors (Lipinski definition) is 5. The molecule has 0 fully saturated rings. The first-order valence-electron chi connectivity index (χ1n) is 9.12. The van der Waals surface area contributed by atoms with Crippen molar-refractivity contribution in [1.29, 1.82) is 0 Å². The maximum atomic E-state index is 4.55. The van der Waals surface area contributed by atoms with Gasteiger partial charge in [0, 0.05) is 28.7 Å². The topological polar surface area (TPSA) is 83.1 Å². The molecule has 138 valence electrons. The molecule has 0 aliphatic heterocycles. The molecule has 0 bridgehead atoms. The molecule has 6 rings (SSSR count). The van der Waals surface area contributed by atoms with E-state index in [0.29, 0.717) is 0 Å². The number of nitrogens with one attached hydrogen (secondary N) is 2. The van der Waals surface area contributed by atoms with Crippen molar-refractivity contribution in [2.45, 2.75) is 0 Å². The van der Waals surface area contributed by atoms with Crippen LogP contribution in [0.25, 0.3) is 55.7 Å². The summed E-state index contributed by atoms with van der Waals surface area (Å²) in [6.45, 7) is 0. The molecule has 7 heteroatoms. The first-order chi connectivity index (χ1) is 14.4. The van der Waals surface area contributed by atoms with Crippen molar-refractivity contribution in [2.75, 3.05) is 0 Å². The Kier molecular flexibility index (Phi) is 3.54. The second kappa shape index (κ2) is 6.35. The van der Waals surface area contributed by atoms with Crippen LogP contribution in [0, 0.1) is 0 Å². The van der Waals surface area contributed by atoms with Gasteiger partial charge in [-0.3, -0.25) is 20.1 Å². The number of rotatable bonds is 3. The number of fused-ring (bicyclic) bond motifs is 2. The first-order valence-corrected chi connectivity index (χ1v) is 10.1. The second-order valence-electron chi connectivity index (χ2n) is 6.75. The Hall–Kier alpha value is -3.84. The molecule has 2 N–H and O–H groups in total. The lowest BCUT2D eigenvalue weighted by Crippen LogP contribution is -1.86. The lowest BCUT2D eigenvalue weighted by atomic mass is 10.1. The smallest absolute Gasteiger partial charge is 0.116 e. The largest absolute Gasteiger partial charge is 0.352 e. The summed E-state index contributed by atoms with van der Waals surface area (Å²) in [5.41, 5.74) is 7.60. The van der Waals surface area contributed by atoms with Gasteiger partial charge in [0.2, 0.25) is 0 Å². The number of aromatic amines is 2. The van der Waals surface area contributed by atoms with E-state index in [1.54, 1.807) is 23.7 Å². The van der Waals surface area contributed by atoms with E-state index in [1.807, 2.05) is 36.7 Å². The molecule has 0 spiro atoms. The molecular weight excluding hydrogens is 380 g/mol. The first kappa shape index (κ1) is 16.1. The van der Waals surface area contributed by atoms with Crippen LogP contribution in [0.5, 0.6) is 0 Å². The van der Waals surface area contributed by atoms with Crippen LogP contribution >= 0.6 is 11.3 Å². The van der Waals surface area contributed by atoms with Crippen molar-refractivity contribution >= 4 is 33.1 Å². The monoisotopic (exact) mass is 394 g/mol. The SMILES string of the molecule is c1ccc(-c2cc3c(-c4cc5c(-c6ccsc6)cncc5[nH]4)n[nH]c3cn2)nc1. The third-order valence-electron chi connectivity index (χ3n) is 5.01. The van der Waals surface area contributed by atoms with Crippen molar-refractivity contribution < 1.29 is 0 Å². The van der Waals surface area contributed by atoms with Gasteiger partial charge in [0.15, 0.2) is 0 Å². The van der Waals surface area contributed by atoms with E-state index in [4.69, 9.17) is 0 Å². The average molecular weight is 394 g/mol. The molecule has 29 heavy (non-hydrogen) atoms. The van der Waals surface area contributed by atoms with Gasteiger partial charge in [-0.25, -0.2) is 0 Å². The van der Waals surface area contributed by atoms with Crippen LogP contribution in [0.3, 0.4) is 0 Å². The molecule has 6 aromatic heterocycles. The van der Waals surface area contributed by atoms with Gasteiger partial charge in [-0.05, 0) is 46.7 Å². The number of H-pyrrole nitrogens is 2. The zero-order chi connectivity index (χ0) is 19.2. The molecule has 0 amide bonds. The minimum Gasteiger partial charge on any atom is -0.352 e. The fourth-order valence-corrected chi connectivity index (χ4v) is 4.26. The maximum Gasteiger partial charge on any atom is 0.116 e. The van der Waals surface area contributed by atoms with Crippen LogP contribution in [-0.4, -0.2) is 30.1 Å². The van der Waals surface area contributed by atoms with E-state index >= 15 is 0 Å². The molecule has 0 atom stereocenters. The summed E-state index contributed by atoms with van der Waals surface area (Å²) in [7, 11) is 0. The summed E-state index contributed by atoms with van der Waals surface area (Å²) in [5.74, 6) is 0. The Morgan fingerprint density at radius 1 is 0.862 bits per heavy atom. The number of nitrogens with zero attached hydrogens (tertiary/aromatic N) is 4. The highest BCUT2D eigenvalue weighted by Gasteiger charge is 2.15. The Morgan fingerprint density at radius 3 is 2.72 bits per heavy atom. The van der Waals surface area contributed by atoms with E-state index in [-0.39, 0.29) is 0 Å². The van der Waals surface area contributed by atoms with Crippen LogP contribution < -0.4 is 0 Å². The molecule has 6 aromatic rings. The fourth-order valence-electron chi connectivity index (χ4n) is 3.60. The summed E-state index contributed by atoms with van der Waals surface area (Å²) < 4.78 is 0. The Morgan fingerprint density at radius 2 is 1.86 bits per heavy atom. The van der Waals surface area contributed by atoms with Gasteiger partial charge in [-0.1, -0.05) is 6.07 Å². The Balaban J connectivity index is 1.53. The van der Waals surface area contributed by atoms with Gasteiger partial charge in [-0.15, -0.1) is 0 Å². The van der Waals surface area contributed by atoms with Crippen LogP contribution in [0.2, 0.25) is 0 Å². The highest BCUT2D eigenvalue weighted by molar-refractivity contribution is 7.08. The van der Waals surface area contributed by atoms with Gasteiger partial charge >= 0.3 is 0 Å². The minimum atomic E-state index is 0.817. The zero-order valence-electron chi connectivity index (χ0n) is 15.1. The summed E-state index contributed by atoms with van der Waals surface area (Å²) in [5, 5.41) is 14.0. The molecule has 0 aromatic carbocycles. The number of thiophene rings is 1. The van der Waals surface area contributed by atoms with E-state index in [1.165, 1.54) is 5.56 Å². The molecule has 0 radical (unpaired) electrons. The van der Waals surface area contributed by atoms with E-state index < -0.39 is 0 Å². The lowest BCUT2D eigenvalue weighted by molar-refractivity contribution is 1.11. The van der Waals surface area contributed by atoms with Crippen LogP contribution in [0.1, 0.15) is 0 Å². The molecule has 0 saturated carbocycles. The van der Waals surface area contributed by atoms with Gasteiger partial charge in [0.1, 0.15) is 5.69 Å². The number of hydrogen-bond donors (Lipinski definition) is 2. The molecular formula is C22H14N6S. The molecule has 0 unspecified atom stereocenters. The maximum absolute atomic E-state index is 4.55. The van der Waals surface area contributed by atoms with E-state index in [0.717, 1.165) is 50.1 Å². The molecule has 6 heterocycles. The van der Waals surface area contributed by atoms with Crippen molar-refractivity contribution in [3.63, 3.8) is 0 Å². The van der Waals surface area contributed by atoms with Crippen molar-refractivity contribution in [1.82, 2.24) is 30.1 Å². The van der Waals surface area contributed by atoms with Gasteiger partial charge < -0.3 is 4.98 Å². The van der Waals surface area contributed by atoms with Gasteiger partial charge in [-0.2, -0.15) is 16.4 Å². The predicted octanol–water partition coefficient (Wildman–Crippen LogP) is 5.29. The van der Waals surface area contributed by atoms with Crippen LogP contribution in [0.4, 0.5) is 0 Å². The quantitative estimate of drug-likeness (QED) is 0.427. The van der Waals surface area contributed by atoms with Crippen molar-refractivity contribution in [3.05, 3.63) is 71.9 Å². The standard InChI is InChI=1S/C22H14N6S/c1-2-5-24-17(3-1)18-8-15-21(11-25-18)27-28-22(15)19-7-14-16(13-4-6-29-12-13)9-23-10-20(14)26-19/h1-12,26H,(H,27,28). The highest BCUT2D eigenvalue weighted by Crippen LogP contribution is 2.34. The predicted molar refractivity (Wildman–Crippen MR) is 116 cm³/mol. The van der Waals surface area contributed by atoms with Crippen LogP contribution in [-0.2, 0) is 0 Å². The normalized spacial score (nSPS) is 11.4. The van der Waals surface area contributed by atoms with Gasteiger partial charge in [0.05, 0.1) is 40.5 Å². The van der Waals surface area contributed by atoms with Crippen molar-refractivity contribution in [2.24, 2.45) is 0 Å². The van der Waals surface area contributed by atoms with Crippen LogP contribution in [0.15, 0.2) is 71.9 Å². The Labute approximate surface area is 169 Å². The fraction of sp³-hybridized carbons (Fsp3) is 0.